The molecule has 22 heavy (non-hydrogen) atoms. The van der Waals surface area contributed by atoms with Crippen LogP contribution in [-0.2, 0) is 4.79 Å². The van der Waals surface area contributed by atoms with Crippen LogP contribution in [0.2, 0.25) is 5.02 Å². The number of hydrogen-bond acceptors (Lipinski definition) is 5. The summed E-state index contributed by atoms with van der Waals surface area (Å²) in [7, 11) is 0. The highest BCUT2D eigenvalue weighted by Gasteiger charge is 2.05. The fourth-order valence-electron chi connectivity index (χ4n) is 1.76. The van der Waals surface area contributed by atoms with Crippen molar-refractivity contribution in [1.29, 1.82) is 0 Å². The van der Waals surface area contributed by atoms with Crippen LogP contribution in [0.15, 0.2) is 48.5 Å². The number of para-hydroxylation sites is 1. The summed E-state index contributed by atoms with van der Waals surface area (Å²) in [4.78, 5) is 16.1. The van der Waals surface area contributed by atoms with Crippen molar-refractivity contribution in [3.8, 4) is 5.75 Å². The van der Waals surface area contributed by atoms with Gasteiger partial charge in [0.1, 0.15) is 5.75 Å². The number of hydrogen-bond donors (Lipinski definition) is 2. The molecule has 0 saturated carbocycles. The van der Waals surface area contributed by atoms with Gasteiger partial charge in [-0.15, -0.1) is 0 Å². The minimum absolute atomic E-state index is 0.0977. The maximum atomic E-state index is 11.7. The Kier molecular flexibility index (Phi) is 4.41. The zero-order chi connectivity index (χ0) is 15.4. The van der Waals surface area contributed by atoms with Gasteiger partial charge in [-0.25, -0.2) is 4.98 Å². The molecule has 3 rings (SSSR count). The minimum atomic E-state index is -0.297. The van der Waals surface area contributed by atoms with Crippen LogP contribution < -0.4 is 15.6 Å². The standard InChI is InChI=1S/C15H12ClN3O2S/c16-10-5-7-11(8-6-10)21-9-14(20)18-19-15-17-12-3-1-2-4-13(12)22-15/h1-8H,9H2,(H,17,19)(H,18,20). The zero-order valence-corrected chi connectivity index (χ0v) is 12.9. The molecule has 0 fully saturated rings. The van der Waals surface area contributed by atoms with Crippen molar-refractivity contribution in [3.05, 3.63) is 53.6 Å². The summed E-state index contributed by atoms with van der Waals surface area (Å²) >= 11 is 7.24. The van der Waals surface area contributed by atoms with Crippen molar-refractivity contribution >= 4 is 44.2 Å². The summed E-state index contributed by atoms with van der Waals surface area (Å²) in [6.45, 7) is -0.0977. The molecule has 0 aliphatic heterocycles. The molecule has 1 amide bonds. The number of carbonyl (C=O) groups excluding carboxylic acids is 1. The first-order valence-electron chi connectivity index (χ1n) is 6.49. The second-order valence-electron chi connectivity index (χ2n) is 4.40. The van der Waals surface area contributed by atoms with Crippen molar-refractivity contribution in [2.45, 2.75) is 0 Å². The van der Waals surface area contributed by atoms with Crippen LogP contribution in [0.3, 0.4) is 0 Å². The third-order valence-corrected chi connectivity index (χ3v) is 3.99. The number of nitrogens with one attached hydrogen (secondary N) is 2. The molecule has 2 N–H and O–H groups in total. The van der Waals surface area contributed by atoms with E-state index in [0.717, 1.165) is 10.2 Å². The third-order valence-electron chi connectivity index (χ3n) is 2.79. The summed E-state index contributed by atoms with van der Waals surface area (Å²) in [6.07, 6.45) is 0. The van der Waals surface area contributed by atoms with Gasteiger partial charge >= 0.3 is 0 Å². The van der Waals surface area contributed by atoms with Crippen molar-refractivity contribution in [3.63, 3.8) is 0 Å². The van der Waals surface area contributed by atoms with Gasteiger partial charge in [-0.05, 0) is 36.4 Å². The quantitative estimate of drug-likeness (QED) is 0.702. The van der Waals surface area contributed by atoms with Crippen LogP contribution >= 0.6 is 22.9 Å². The van der Waals surface area contributed by atoms with Gasteiger partial charge in [0, 0.05) is 5.02 Å². The first-order chi connectivity index (χ1) is 10.7. The first kappa shape index (κ1) is 14.6. The topological polar surface area (TPSA) is 63.2 Å². The molecule has 0 aliphatic carbocycles. The number of carbonyl (C=O) groups is 1. The molecule has 112 valence electrons. The van der Waals surface area contributed by atoms with Crippen LogP contribution in [0.4, 0.5) is 5.13 Å². The van der Waals surface area contributed by atoms with Crippen LogP contribution in [-0.4, -0.2) is 17.5 Å². The van der Waals surface area contributed by atoms with Crippen molar-refractivity contribution in [1.82, 2.24) is 10.4 Å². The van der Waals surface area contributed by atoms with E-state index in [1.165, 1.54) is 11.3 Å². The fourth-order valence-corrected chi connectivity index (χ4v) is 2.71. The normalized spacial score (nSPS) is 10.4. The van der Waals surface area contributed by atoms with E-state index < -0.39 is 0 Å². The highest BCUT2D eigenvalue weighted by molar-refractivity contribution is 7.22. The van der Waals surface area contributed by atoms with Crippen LogP contribution in [0.25, 0.3) is 10.2 Å². The highest BCUT2D eigenvalue weighted by Crippen LogP contribution is 2.24. The second-order valence-corrected chi connectivity index (χ2v) is 5.87. The monoisotopic (exact) mass is 333 g/mol. The Balaban J connectivity index is 1.50. The maximum Gasteiger partial charge on any atom is 0.276 e. The summed E-state index contributed by atoms with van der Waals surface area (Å²) in [5.41, 5.74) is 6.23. The molecular weight excluding hydrogens is 322 g/mol. The van der Waals surface area contributed by atoms with Gasteiger partial charge in [0.2, 0.25) is 5.13 Å². The van der Waals surface area contributed by atoms with Gasteiger partial charge in [-0.3, -0.25) is 15.6 Å². The number of nitrogens with zero attached hydrogens (tertiary/aromatic N) is 1. The Morgan fingerprint density at radius 3 is 2.73 bits per heavy atom. The van der Waals surface area contributed by atoms with Crippen molar-refractivity contribution in [2.24, 2.45) is 0 Å². The van der Waals surface area contributed by atoms with Crippen molar-refractivity contribution in [2.75, 3.05) is 12.0 Å². The van der Waals surface area contributed by atoms with E-state index >= 15 is 0 Å². The number of rotatable bonds is 5. The molecule has 0 unspecified atom stereocenters. The Hall–Kier alpha value is -2.31. The molecule has 0 atom stereocenters. The van der Waals surface area contributed by atoms with Gasteiger partial charge in [0.05, 0.1) is 10.2 Å². The van der Waals surface area contributed by atoms with Gasteiger partial charge in [0.25, 0.3) is 5.91 Å². The molecule has 1 aromatic heterocycles. The molecule has 5 nitrogen and oxygen atoms in total. The van der Waals surface area contributed by atoms with Crippen molar-refractivity contribution < 1.29 is 9.53 Å². The Morgan fingerprint density at radius 1 is 1.18 bits per heavy atom. The third kappa shape index (κ3) is 3.66. The predicted octanol–water partition coefficient (Wildman–Crippen LogP) is 3.47. The lowest BCUT2D eigenvalue weighted by atomic mass is 10.3. The zero-order valence-electron chi connectivity index (χ0n) is 11.4. The van der Waals surface area contributed by atoms with E-state index in [-0.39, 0.29) is 12.5 Å². The summed E-state index contributed by atoms with van der Waals surface area (Å²) < 4.78 is 6.39. The van der Waals surface area contributed by atoms with E-state index in [0.29, 0.717) is 15.9 Å². The molecule has 0 radical (unpaired) electrons. The largest absolute Gasteiger partial charge is 0.484 e. The molecule has 0 aliphatic rings. The molecule has 1 heterocycles. The number of aromatic nitrogens is 1. The molecule has 3 aromatic rings. The average molecular weight is 334 g/mol. The minimum Gasteiger partial charge on any atom is -0.484 e. The molecule has 7 heteroatoms. The molecule has 2 aromatic carbocycles. The summed E-state index contributed by atoms with van der Waals surface area (Å²) in [5, 5.41) is 1.25. The summed E-state index contributed by atoms with van der Waals surface area (Å²) in [6, 6.07) is 14.6. The summed E-state index contributed by atoms with van der Waals surface area (Å²) in [5.74, 6) is 0.286. The molecule has 0 bridgehead atoms. The number of thiazole rings is 1. The van der Waals surface area contributed by atoms with E-state index in [1.807, 2.05) is 24.3 Å². The van der Waals surface area contributed by atoms with Gasteiger partial charge < -0.3 is 4.74 Å². The lowest BCUT2D eigenvalue weighted by Crippen LogP contribution is -2.33. The average Bonchev–Trinajstić information content (AvgIpc) is 2.95. The number of fused-ring (bicyclic) bond motifs is 1. The van der Waals surface area contributed by atoms with Gasteiger partial charge in [-0.2, -0.15) is 0 Å². The number of halogens is 1. The lowest BCUT2D eigenvalue weighted by Gasteiger charge is -2.07. The van der Waals surface area contributed by atoms with Crippen LogP contribution in [0, 0.1) is 0 Å². The predicted molar refractivity (Wildman–Crippen MR) is 88.3 cm³/mol. The lowest BCUT2D eigenvalue weighted by molar-refractivity contribution is -0.122. The SMILES string of the molecule is O=C(COc1ccc(Cl)cc1)NNc1nc2ccccc2s1. The number of anilines is 1. The van der Waals surface area contributed by atoms with Gasteiger partial charge in [-0.1, -0.05) is 35.1 Å². The molecule has 0 saturated heterocycles. The maximum absolute atomic E-state index is 11.7. The van der Waals surface area contributed by atoms with E-state index in [4.69, 9.17) is 16.3 Å². The van der Waals surface area contributed by atoms with Crippen LogP contribution in [0.1, 0.15) is 0 Å². The smallest absolute Gasteiger partial charge is 0.276 e. The Bertz CT molecular complexity index is 756. The number of benzene rings is 2. The van der Waals surface area contributed by atoms with E-state index in [2.05, 4.69) is 15.8 Å². The number of amides is 1. The van der Waals surface area contributed by atoms with E-state index in [9.17, 15) is 4.79 Å². The molecule has 0 spiro atoms. The Labute approximate surface area is 135 Å². The van der Waals surface area contributed by atoms with E-state index in [1.54, 1.807) is 24.3 Å². The first-order valence-corrected chi connectivity index (χ1v) is 7.69. The second kappa shape index (κ2) is 6.64. The van der Waals surface area contributed by atoms with Crippen LogP contribution in [0.5, 0.6) is 5.75 Å². The highest BCUT2D eigenvalue weighted by atomic mass is 35.5. The fraction of sp³-hybridized carbons (Fsp3) is 0.0667. The number of hydrazine groups is 1. The number of ether oxygens (including phenoxy) is 1. The molecular formula is C15H12ClN3O2S. The Morgan fingerprint density at radius 2 is 1.95 bits per heavy atom. The van der Waals surface area contributed by atoms with Gasteiger partial charge in [0.15, 0.2) is 6.61 Å².